The Morgan fingerprint density at radius 1 is 1.33 bits per heavy atom. The minimum absolute atomic E-state index is 0.578. The fraction of sp³-hybridized carbons (Fsp3) is 0.389. The second kappa shape index (κ2) is 6.27. The van der Waals surface area contributed by atoms with Gasteiger partial charge in [0.05, 0.1) is 0 Å². The van der Waals surface area contributed by atoms with Crippen molar-refractivity contribution in [3.8, 4) is 0 Å². The van der Waals surface area contributed by atoms with Gasteiger partial charge in [0, 0.05) is 38.4 Å². The summed E-state index contributed by atoms with van der Waals surface area (Å²) in [5, 5.41) is 0. The van der Waals surface area contributed by atoms with E-state index in [1.54, 1.807) is 0 Å². The van der Waals surface area contributed by atoms with Gasteiger partial charge in [-0.2, -0.15) is 0 Å². The Labute approximate surface area is 126 Å². The summed E-state index contributed by atoms with van der Waals surface area (Å²) in [6, 6.07) is 10.6. The highest BCUT2D eigenvalue weighted by atomic mass is 15.2. The van der Waals surface area contributed by atoms with Crippen molar-refractivity contribution in [1.29, 1.82) is 0 Å². The first-order valence-electron chi connectivity index (χ1n) is 7.64. The van der Waals surface area contributed by atoms with Gasteiger partial charge in [-0.25, -0.2) is 4.98 Å². The standard InChI is InChI=1S/C18H23N3/c1-15(12-16-6-4-3-5-7-16)13-21-10-8-17(14-21)18-19-9-11-20(18)2/h3-7,9,11-12,17H,8,10,13-14H2,1-2H3/t17-/m0/s1. The molecule has 1 fully saturated rings. The number of benzene rings is 1. The van der Waals surface area contributed by atoms with E-state index in [-0.39, 0.29) is 0 Å². The van der Waals surface area contributed by atoms with Crippen LogP contribution >= 0.6 is 0 Å². The molecule has 0 unspecified atom stereocenters. The molecule has 2 heterocycles. The Bertz CT molecular complexity index is 612. The first-order valence-corrected chi connectivity index (χ1v) is 7.64. The number of hydrogen-bond acceptors (Lipinski definition) is 2. The summed E-state index contributed by atoms with van der Waals surface area (Å²) in [5.41, 5.74) is 2.71. The number of aryl methyl sites for hydroxylation is 1. The quantitative estimate of drug-likeness (QED) is 0.857. The summed E-state index contributed by atoms with van der Waals surface area (Å²) in [6.07, 6.45) is 7.44. The second-order valence-corrected chi connectivity index (χ2v) is 6.02. The van der Waals surface area contributed by atoms with E-state index in [9.17, 15) is 0 Å². The number of hydrogen-bond donors (Lipinski definition) is 0. The van der Waals surface area contributed by atoms with Crippen molar-refractivity contribution in [3.05, 3.63) is 59.7 Å². The van der Waals surface area contributed by atoms with Crippen molar-refractivity contribution in [3.63, 3.8) is 0 Å². The van der Waals surface area contributed by atoms with Crippen LogP contribution in [0.4, 0.5) is 0 Å². The van der Waals surface area contributed by atoms with Gasteiger partial charge in [0.2, 0.25) is 0 Å². The van der Waals surface area contributed by atoms with E-state index in [2.05, 4.69) is 64.8 Å². The third-order valence-corrected chi connectivity index (χ3v) is 4.18. The molecule has 0 amide bonds. The van der Waals surface area contributed by atoms with Crippen LogP contribution in [0.15, 0.2) is 48.3 Å². The second-order valence-electron chi connectivity index (χ2n) is 6.02. The van der Waals surface area contributed by atoms with E-state index in [1.165, 1.54) is 23.4 Å². The lowest BCUT2D eigenvalue weighted by Crippen LogP contribution is -2.22. The largest absolute Gasteiger partial charge is 0.338 e. The fourth-order valence-electron chi connectivity index (χ4n) is 3.19. The maximum Gasteiger partial charge on any atom is 0.112 e. The van der Waals surface area contributed by atoms with Crippen LogP contribution in [0.5, 0.6) is 0 Å². The average molecular weight is 281 g/mol. The molecule has 0 bridgehead atoms. The van der Waals surface area contributed by atoms with Gasteiger partial charge >= 0.3 is 0 Å². The lowest BCUT2D eigenvalue weighted by molar-refractivity contribution is 0.362. The molecule has 2 aromatic rings. The number of nitrogens with zero attached hydrogens (tertiary/aromatic N) is 3. The van der Waals surface area contributed by atoms with Gasteiger partial charge in [-0.15, -0.1) is 0 Å². The molecule has 1 aromatic heterocycles. The Kier molecular flexibility index (Phi) is 4.20. The molecule has 1 aliphatic heterocycles. The van der Waals surface area contributed by atoms with Crippen LogP contribution in [-0.4, -0.2) is 34.1 Å². The lowest BCUT2D eigenvalue weighted by atomic mass is 10.1. The Morgan fingerprint density at radius 2 is 2.14 bits per heavy atom. The monoisotopic (exact) mass is 281 g/mol. The maximum absolute atomic E-state index is 4.50. The topological polar surface area (TPSA) is 21.1 Å². The molecule has 0 radical (unpaired) electrons. The maximum atomic E-state index is 4.50. The summed E-state index contributed by atoms with van der Waals surface area (Å²) in [6.45, 7) is 5.55. The molecule has 1 aliphatic rings. The normalized spacial score (nSPS) is 20.1. The number of aromatic nitrogens is 2. The SMILES string of the molecule is CC(=Cc1ccccc1)CN1CC[C@H](c2nccn2C)C1. The molecule has 0 spiro atoms. The van der Waals surface area contributed by atoms with Gasteiger partial charge in [-0.1, -0.05) is 42.0 Å². The van der Waals surface area contributed by atoms with Crippen LogP contribution in [0.2, 0.25) is 0 Å². The van der Waals surface area contributed by atoms with E-state index >= 15 is 0 Å². The van der Waals surface area contributed by atoms with Gasteiger partial charge in [0.25, 0.3) is 0 Å². The van der Waals surface area contributed by atoms with Crippen LogP contribution in [0, 0.1) is 0 Å². The van der Waals surface area contributed by atoms with Crippen LogP contribution in [0.1, 0.15) is 30.7 Å². The van der Waals surface area contributed by atoms with Gasteiger partial charge in [0.1, 0.15) is 5.82 Å². The first-order chi connectivity index (χ1) is 10.2. The van der Waals surface area contributed by atoms with Crippen LogP contribution < -0.4 is 0 Å². The summed E-state index contributed by atoms with van der Waals surface area (Å²) in [7, 11) is 2.09. The highest BCUT2D eigenvalue weighted by Crippen LogP contribution is 2.26. The van der Waals surface area contributed by atoms with Crippen molar-refractivity contribution in [1.82, 2.24) is 14.5 Å². The van der Waals surface area contributed by atoms with Crippen LogP contribution in [-0.2, 0) is 7.05 Å². The fourth-order valence-corrected chi connectivity index (χ4v) is 3.19. The minimum atomic E-state index is 0.578. The molecule has 1 aromatic carbocycles. The molecular formula is C18H23N3. The van der Waals surface area contributed by atoms with Crippen molar-refractivity contribution in [2.45, 2.75) is 19.3 Å². The Morgan fingerprint density at radius 3 is 2.86 bits per heavy atom. The van der Waals surface area contributed by atoms with Crippen molar-refractivity contribution < 1.29 is 0 Å². The highest BCUT2D eigenvalue weighted by Gasteiger charge is 2.26. The minimum Gasteiger partial charge on any atom is -0.338 e. The molecule has 0 saturated carbocycles. The van der Waals surface area contributed by atoms with Gasteiger partial charge < -0.3 is 4.57 Å². The molecule has 1 atom stereocenters. The van der Waals surface area contributed by atoms with Gasteiger partial charge in [-0.3, -0.25) is 4.90 Å². The zero-order valence-corrected chi connectivity index (χ0v) is 12.9. The number of imidazole rings is 1. The van der Waals surface area contributed by atoms with Crippen LogP contribution in [0.25, 0.3) is 6.08 Å². The van der Waals surface area contributed by atoms with Gasteiger partial charge in [-0.05, 0) is 25.5 Å². The third-order valence-electron chi connectivity index (χ3n) is 4.18. The van der Waals surface area contributed by atoms with E-state index in [1.807, 2.05) is 12.4 Å². The van der Waals surface area contributed by atoms with Crippen molar-refractivity contribution in [2.24, 2.45) is 7.05 Å². The lowest BCUT2D eigenvalue weighted by Gasteiger charge is -2.16. The van der Waals surface area contributed by atoms with Crippen molar-refractivity contribution in [2.75, 3.05) is 19.6 Å². The third kappa shape index (κ3) is 3.42. The zero-order chi connectivity index (χ0) is 14.7. The molecule has 110 valence electrons. The van der Waals surface area contributed by atoms with E-state index in [4.69, 9.17) is 0 Å². The predicted octanol–water partition coefficient (Wildman–Crippen LogP) is 3.31. The molecule has 3 nitrogen and oxygen atoms in total. The Balaban J connectivity index is 1.60. The van der Waals surface area contributed by atoms with E-state index < -0.39 is 0 Å². The predicted molar refractivity (Wildman–Crippen MR) is 87.1 cm³/mol. The van der Waals surface area contributed by atoms with Crippen LogP contribution in [0.3, 0.4) is 0 Å². The summed E-state index contributed by atoms with van der Waals surface area (Å²) in [4.78, 5) is 7.04. The summed E-state index contributed by atoms with van der Waals surface area (Å²) in [5.74, 6) is 1.80. The van der Waals surface area contributed by atoms with E-state index in [0.717, 1.165) is 19.6 Å². The average Bonchev–Trinajstić information content (AvgIpc) is 3.08. The molecule has 3 rings (SSSR count). The zero-order valence-electron chi connectivity index (χ0n) is 12.9. The van der Waals surface area contributed by atoms with E-state index in [0.29, 0.717) is 5.92 Å². The van der Waals surface area contributed by atoms with Crippen molar-refractivity contribution >= 4 is 6.08 Å². The smallest absolute Gasteiger partial charge is 0.112 e. The molecule has 1 saturated heterocycles. The molecule has 0 aliphatic carbocycles. The molecule has 21 heavy (non-hydrogen) atoms. The summed E-state index contributed by atoms with van der Waals surface area (Å²) >= 11 is 0. The molecule has 3 heteroatoms. The van der Waals surface area contributed by atoms with Gasteiger partial charge in [0.15, 0.2) is 0 Å². The first kappa shape index (κ1) is 14.1. The summed E-state index contributed by atoms with van der Waals surface area (Å²) < 4.78 is 2.15. The number of likely N-dealkylation sites (tertiary alicyclic amines) is 1. The molecular weight excluding hydrogens is 258 g/mol. The number of rotatable bonds is 4. The Hall–Kier alpha value is -1.87. The molecule has 0 N–H and O–H groups in total. The highest BCUT2D eigenvalue weighted by molar-refractivity contribution is 5.52.